The minimum absolute atomic E-state index is 0.0251. The Bertz CT molecular complexity index is 573. The molecule has 1 aliphatic rings. The normalized spacial score (nSPS) is 19.3. The molecular weight excluding hydrogens is 292 g/mol. The molecule has 0 unspecified atom stereocenters. The molecule has 126 valence electrons. The number of aryl methyl sites for hydroxylation is 1. The van der Waals surface area contributed by atoms with Crippen molar-refractivity contribution in [2.24, 2.45) is 5.92 Å². The largest absolute Gasteiger partial charge is 0.348 e. The van der Waals surface area contributed by atoms with Crippen LogP contribution in [0.4, 0.5) is 0 Å². The highest BCUT2D eigenvalue weighted by Gasteiger charge is 2.30. The second-order valence-electron chi connectivity index (χ2n) is 6.40. The van der Waals surface area contributed by atoms with Crippen LogP contribution in [-0.4, -0.2) is 71.8 Å². The standard InChI is InChI=1S/C17H26N4O2/c1-13-6-5-7-16(18-13)12-20-8-9-21(14(2)22)11-15(10-20)17(23)19(3)4/h5-7,15H,8-12H2,1-4H3/t15-/m1/s1. The SMILES string of the molecule is CC(=O)N1CCN(Cc2cccc(C)n2)C[C@@H](C(=O)N(C)C)C1. The zero-order valence-electron chi connectivity index (χ0n) is 14.5. The third-order valence-corrected chi connectivity index (χ3v) is 4.17. The van der Waals surface area contributed by atoms with E-state index in [2.05, 4.69) is 9.88 Å². The van der Waals surface area contributed by atoms with Crippen molar-refractivity contribution in [3.05, 3.63) is 29.6 Å². The average molecular weight is 318 g/mol. The molecule has 0 bridgehead atoms. The highest BCUT2D eigenvalue weighted by molar-refractivity contribution is 5.80. The highest BCUT2D eigenvalue weighted by Crippen LogP contribution is 2.14. The Morgan fingerprint density at radius 2 is 2.00 bits per heavy atom. The van der Waals surface area contributed by atoms with E-state index in [1.54, 1.807) is 30.8 Å². The fraction of sp³-hybridized carbons (Fsp3) is 0.588. The first-order valence-corrected chi connectivity index (χ1v) is 7.98. The summed E-state index contributed by atoms with van der Waals surface area (Å²) in [5, 5.41) is 0. The molecule has 0 spiro atoms. The number of rotatable bonds is 3. The van der Waals surface area contributed by atoms with Crippen LogP contribution in [0.1, 0.15) is 18.3 Å². The Hall–Kier alpha value is -1.95. The number of carbonyl (C=O) groups is 2. The molecule has 2 amide bonds. The molecule has 1 aliphatic heterocycles. The molecule has 1 atom stereocenters. The van der Waals surface area contributed by atoms with E-state index in [1.807, 2.05) is 25.1 Å². The van der Waals surface area contributed by atoms with Gasteiger partial charge in [0.15, 0.2) is 0 Å². The molecule has 6 heteroatoms. The molecule has 1 aromatic heterocycles. The van der Waals surface area contributed by atoms with Crippen molar-refractivity contribution >= 4 is 11.8 Å². The number of nitrogens with zero attached hydrogens (tertiary/aromatic N) is 4. The van der Waals surface area contributed by atoms with Gasteiger partial charge < -0.3 is 9.80 Å². The molecule has 0 N–H and O–H groups in total. The maximum atomic E-state index is 12.4. The quantitative estimate of drug-likeness (QED) is 0.826. The lowest BCUT2D eigenvalue weighted by atomic mass is 10.1. The van der Waals surface area contributed by atoms with Crippen LogP contribution in [0, 0.1) is 12.8 Å². The van der Waals surface area contributed by atoms with E-state index in [9.17, 15) is 9.59 Å². The summed E-state index contributed by atoms with van der Waals surface area (Å²) in [6.45, 7) is 6.78. The van der Waals surface area contributed by atoms with Crippen molar-refractivity contribution in [1.82, 2.24) is 19.7 Å². The van der Waals surface area contributed by atoms with E-state index >= 15 is 0 Å². The predicted molar refractivity (Wildman–Crippen MR) is 88.7 cm³/mol. The first-order chi connectivity index (χ1) is 10.9. The van der Waals surface area contributed by atoms with Crippen LogP contribution in [-0.2, 0) is 16.1 Å². The van der Waals surface area contributed by atoms with Gasteiger partial charge in [-0.15, -0.1) is 0 Å². The lowest BCUT2D eigenvalue weighted by molar-refractivity contribution is -0.135. The second-order valence-corrected chi connectivity index (χ2v) is 6.40. The number of aromatic nitrogens is 1. The maximum Gasteiger partial charge on any atom is 0.228 e. The lowest BCUT2D eigenvalue weighted by Gasteiger charge is -2.25. The topological polar surface area (TPSA) is 56.8 Å². The van der Waals surface area contributed by atoms with Gasteiger partial charge in [-0.3, -0.25) is 19.5 Å². The zero-order valence-corrected chi connectivity index (χ0v) is 14.5. The summed E-state index contributed by atoms with van der Waals surface area (Å²) >= 11 is 0. The van der Waals surface area contributed by atoms with Gasteiger partial charge >= 0.3 is 0 Å². The molecule has 0 saturated carbocycles. The summed E-state index contributed by atoms with van der Waals surface area (Å²) in [7, 11) is 3.52. The van der Waals surface area contributed by atoms with Crippen LogP contribution >= 0.6 is 0 Å². The molecule has 1 aromatic rings. The van der Waals surface area contributed by atoms with E-state index in [-0.39, 0.29) is 17.7 Å². The summed E-state index contributed by atoms with van der Waals surface area (Å²) in [6.07, 6.45) is 0. The summed E-state index contributed by atoms with van der Waals surface area (Å²) in [5.74, 6) is -0.0985. The van der Waals surface area contributed by atoms with Crippen molar-refractivity contribution in [3.63, 3.8) is 0 Å². The molecular formula is C17H26N4O2. The van der Waals surface area contributed by atoms with Gasteiger partial charge in [-0.05, 0) is 19.1 Å². The van der Waals surface area contributed by atoms with Gasteiger partial charge in [0.25, 0.3) is 0 Å². The number of pyridine rings is 1. The predicted octanol–water partition coefficient (Wildman–Crippen LogP) is 0.759. The molecule has 6 nitrogen and oxygen atoms in total. The number of hydrogen-bond donors (Lipinski definition) is 0. The molecule has 0 radical (unpaired) electrons. The minimum atomic E-state index is -0.193. The monoisotopic (exact) mass is 318 g/mol. The summed E-state index contributed by atoms with van der Waals surface area (Å²) in [6, 6.07) is 5.98. The molecule has 2 rings (SSSR count). The van der Waals surface area contributed by atoms with Crippen LogP contribution in [0.15, 0.2) is 18.2 Å². The Morgan fingerprint density at radius 1 is 1.26 bits per heavy atom. The molecule has 1 fully saturated rings. The molecule has 1 saturated heterocycles. The summed E-state index contributed by atoms with van der Waals surface area (Å²) in [4.78, 5) is 34.3. The molecule has 2 heterocycles. The van der Waals surface area contributed by atoms with Crippen LogP contribution in [0.25, 0.3) is 0 Å². The average Bonchev–Trinajstić information content (AvgIpc) is 2.69. The molecule has 0 aliphatic carbocycles. The number of hydrogen-bond acceptors (Lipinski definition) is 4. The van der Waals surface area contributed by atoms with Gasteiger partial charge in [0.2, 0.25) is 11.8 Å². The van der Waals surface area contributed by atoms with Crippen molar-refractivity contribution in [2.75, 3.05) is 40.3 Å². The first-order valence-electron chi connectivity index (χ1n) is 7.98. The summed E-state index contributed by atoms with van der Waals surface area (Å²) < 4.78 is 0. The minimum Gasteiger partial charge on any atom is -0.348 e. The smallest absolute Gasteiger partial charge is 0.228 e. The summed E-state index contributed by atoms with van der Waals surface area (Å²) in [5.41, 5.74) is 1.99. The Kier molecular flexibility index (Phi) is 5.71. The second kappa shape index (κ2) is 7.55. The number of amides is 2. The third-order valence-electron chi connectivity index (χ3n) is 4.17. The van der Waals surface area contributed by atoms with Gasteiger partial charge in [-0.25, -0.2) is 0 Å². The van der Waals surface area contributed by atoms with Crippen LogP contribution in [0.2, 0.25) is 0 Å². The highest BCUT2D eigenvalue weighted by atomic mass is 16.2. The van der Waals surface area contributed by atoms with Crippen molar-refractivity contribution < 1.29 is 9.59 Å². The fourth-order valence-electron chi connectivity index (χ4n) is 2.95. The third kappa shape index (κ3) is 4.76. The van der Waals surface area contributed by atoms with E-state index in [4.69, 9.17) is 0 Å². The Morgan fingerprint density at radius 3 is 2.61 bits per heavy atom. The zero-order chi connectivity index (χ0) is 17.0. The molecule has 23 heavy (non-hydrogen) atoms. The Balaban J connectivity index is 2.13. The maximum absolute atomic E-state index is 12.4. The van der Waals surface area contributed by atoms with Gasteiger partial charge in [-0.2, -0.15) is 0 Å². The lowest BCUT2D eigenvalue weighted by Crippen LogP contribution is -2.41. The Labute approximate surface area is 138 Å². The van der Waals surface area contributed by atoms with Crippen molar-refractivity contribution in [3.8, 4) is 0 Å². The van der Waals surface area contributed by atoms with Crippen LogP contribution in [0.5, 0.6) is 0 Å². The van der Waals surface area contributed by atoms with Gasteiger partial charge in [0, 0.05) is 59.4 Å². The van der Waals surface area contributed by atoms with E-state index in [0.717, 1.165) is 17.9 Å². The van der Waals surface area contributed by atoms with Gasteiger partial charge in [0.1, 0.15) is 0 Å². The van der Waals surface area contributed by atoms with Gasteiger partial charge in [0.05, 0.1) is 11.6 Å². The van der Waals surface area contributed by atoms with Crippen LogP contribution in [0.3, 0.4) is 0 Å². The first kappa shape index (κ1) is 17.4. The van der Waals surface area contributed by atoms with E-state index in [0.29, 0.717) is 26.2 Å². The van der Waals surface area contributed by atoms with E-state index < -0.39 is 0 Å². The van der Waals surface area contributed by atoms with Crippen LogP contribution < -0.4 is 0 Å². The molecule has 0 aromatic carbocycles. The fourth-order valence-corrected chi connectivity index (χ4v) is 2.95. The number of carbonyl (C=O) groups excluding carboxylic acids is 2. The van der Waals surface area contributed by atoms with Gasteiger partial charge in [-0.1, -0.05) is 6.07 Å². The van der Waals surface area contributed by atoms with E-state index in [1.165, 1.54) is 0 Å². The van der Waals surface area contributed by atoms with Crippen molar-refractivity contribution in [1.29, 1.82) is 0 Å². The van der Waals surface area contributed by atoms with Crippen molar-refractivity contribution in [2.45, 2.75) is 20.4 Å².